The molecule has 1 aromatic carbocycles. The number of rotatable bonds is 6. The number of thiophene rings is 1. The number of hydrogen-bond donors (Lipinski definition) is 0. The molecule has 0 saturated carbocycles. The van der Waals surface area contributed by atoms with Crippen LogP contribution in [-0.2, 0) is 4.74 Å². The standard InChI is InChI=1S/C14H14BrClO2S/c1-17-5-6-18-13-3-2-10(8-12(13)15)14(16)11-4-7-19-9-11/h2-4,7-9,14H,5-6H2,1H3. The molecule has 1 heterocycles. The topological polar surface area (TPSA) is 18.5 Å². The molecule has 2 aromatic rings. The zero-order valence-electron chi connectivity index (χ0n) is 10.4. The van der Waals surface area contributed by atoms with Crippen LogP contribution in [0.4, 0.5) is 0 Å². The van der Waals surface area contributed by atoms with E-state index in [4.69, 9.17) is 21.1 Å². The molecule has 0 bridgehead atoms. The van der Waals surface area contributed by atoms with E-state index in [9.17, 15) is 0 Å². The minimum Gasteiger partial charge on any atom is -0.490 e. The van der Waals surface area contributed by atoms with Gasteiger partial charge < -0.3 is 9.47 Å². The lowest BCUT2D eigenvalue weighted by Crippen LogP contribution is -2.04. The van der Waals surface area contributed by atoms with E-state index < -0.39 is 0 Å². The van der Waals surface area contributed by atoms with Crippen molar-refractivity contribution in [2.24, 2.45) is 0 Å². The fraction of sp³-hybridized carbons (Fsp3) is 0.286. The maximum atomic E-state index is 6.45. The SMILES string of the molecule is COCCOc1ccc(C(Cl)c2ccsc2)cc1Br. The van der Waals surface area contributed by atoms with Crippen LogP contribution in [0.1, 0.15) is 16.5 Å². The maximum absolute atomic E-state index is 6.45. The van der Waals surface area contributed by atoms with E-state index in [-0.39, 0.29) is 5.38 Å². The Morgan fingerprint density at radius 1 is 1.26 bits per heavy atom. The lowest BCUT2D eigenvalue weighted by atomic mass is 10.1. The van der Waals surface area contributed by atoms with Crippen molar-refractivity contribution in [3.63, 3.8) is 0 Å². The average molecular weight is 362 g/mol. The Bertz CT molecular complexity index is 516. The molecule has 0 aliphatic heterocycles. The molecule has 1 atom stereocenters. The van der Waals surface area contributed by atoms with Crippen molar-refractivity contribution < 1.29 is 9.47 Å². The highest BCUT2D eigenvalue weighted by Gasteiger charge is 2.13. The number of alkyl halides is 1. The van der Waals surface area contributed by atoms with E-state index in [2.05, 4.69) is 21.3 Å². The second-order valence-corrected chi connectivity index (χ2v) is 6.02. The van der Waals surface area contributed by atoms with Crippen LogP contribution in [0.2, 0.25) is 0 Å². The molecule has 0 fully saturated rings. The largest absolute Gasteiger partial charge is 0.490 e. The molecule has 102 valence electrons. The van der Waals surface area contributed by atoms with Gasteiger partial charge in [0, 0.05) is 7.11 Å². The minimum absolute atomic E-state index is 0.129. The van der Waals surface area contributed by atoms with Crippen molar-refractivity contribution in [3.8, 4) is 5.75 Å². The summed E-state index contributed by atoms with van der Waals surface area (Å²) in [5, 5.41) is 3.96. The van der Waals surface area contributed by atoms with Crippen molar-refractivity contribution in [2.75, 3.05) is 20.3 Å². The third kappa shape index (κ3) is 3.96. The molecule has 19 heavy (non-hydrogen) atoms. The van der Waals surface area contributed by atoms with E-state index in [1.807, 2.05) is 29.6 Å². The van der Waals surface area contributed by atoms with Gasteiger partial charge in [-0.25, -0.2) is 0 Å². The van der Waals surface area contributed by atoms with E-state index in [1.54, 1.807) is 18.4 Å². The molecule has 0 radical (unpaired) electrons. The van der Waals surface area contributed by atoms with Crippen LogP contribution in [0.25, 0.3) is 0 Å². The van der Waals surface area contributed by atoms with E-state index >= 15 is 0 Å². The lowest BCUT2D eigenvalue weighted by Gasteiger charge is -2.12. The maximum Gasteiger partial charge on any atom is 0.133 e. The normalized spacial score (nSPS) is 12.4. The van der Waals surface area contributed by atoms with E-state index in [1.165, 1.54) is 0 Å². The zero-order chi connectivity index (χ0) is 13.7. The molecular weight excluding hydrogens is 348 g/mol. The smallest absolute Gasteiger partial charge is 0.133 e. The summed E-state index contributed by atoms with van der Waals surface area (Å²) < 4.78 is 11.4. The Morgan fingerprint density at radius 3 is 2.74 bits per heavy atom. The van der Waals surface area contributed by atoms with Crippen molar-refractivity contribution in [2.45, 2.75) is 5.38 Å². The van der Waals surface area contributed by atoms with E-state index in [0.717, 1.165) is 21.3 Å². The van der Waals surface area contributed by atoms with Crippen LogP contribution < -0.4 is 4.74 Å². The second kappa shape index (κ2) is 7.29. The predicted octanol–water partition coefficient (Wildman–Crippen LogP) is 4.86. The second-order valence-electron chi connectivity index (χ2n) is 3.95. The molecule has 0 spiro atoms. The molecule has 0 saturated heterocycles. The summed E-state index contributed by atoms with van der Waals surface area (Å²) in [7, 11) is 1.65. The number of benzene rings is 1. The van der Waals surface area contributed by atoms with Gasteiger partial charge in [-0.1, -0.05) is 6.07 Å². The average Bonchev–Trinajstić information content (AvgIpc) is 2.94. The monoisotopic (exact) mass is 360 g/mol. The molecule has 2 rings (SSSR count). The highest BCUT2D eigenvalue weighted by molar-refractivity contribution is 9.10. The van der Waals surface area contributed by atoms with Crippen LogP contribution in [0, 0.1) is 0 Å². The molecule has 0 aliphatic rings. The van der Waals surface area contributed by atoms with Crippen molar-refractivity contribution >= 4 is 38.9 Å². The highest BCUT2D eigenvalue weighted by Crippen LogP contribution is 2.34. The highest BCUT2D eigenvalue weighted by atomic mass is 79.9. The Morgan fingerprint density at radius 2 is 2.11 bits per heavy atom. The lowest BCUT2D eigenvalue weighted by molar-refractivity contribution is 0.146. The van der Waals surface area contributed by atoms with Gasteiger partial charge in [0.1, 0.15) is 12.4 Å². The van der Waals surface area contributed by atoms with E-state index in [0.29, 0.717) is 13.2 Å². The summed E-state index contributed by atoms with van der Waals surface area (Å²) in [5.41, 5.74) is 2.16. The Hall–Kier alpha value is -0.550. The molecule has 5 heteroatoms. The summed E-state index contributed by atoms with van der Waals surface area (Å²) in [6, 6.07) is 7.95. The van der Waals surface area contributed by atoms with Gasteiger partial charge in [0.2, 0.25) is 0 Å². The summed E-state index contributed by atoms with van der Waals surface area (Å²) in [5.74, 6) is 0.801. The first-order chi connectivity index (χ1) is 9.22. The third-order valence-corrected chi connectivity index (χ3v) is 4.45. The molecule has 1 unspecified atom stereocenters. The molecule has 2 nitrogen and oxygen atoms in total. The van der Waals surface area contributed by atoms with Crippen molar-refractivity contribution in [1.82, 2.24) is 0 Å². The van der Waals surface area contributed by atoms with Gasteiger partial charge in [-0.3, -0.25) is 0 Å². The van der Waals surface area contributed by atoms with Gasteiger partial charge in [0.05, 0.1) is 16.5 Å². The molecule has 0 aliphatic carbocycles. The first-order valence-corrected chi connectivity index (χ1v) is 7.97. The number of hydrogen-bond acceptors (Lipinski definition) is 3. The van der Waals surface area contributed by atoms with Crippen LogP contribution in [0.15, 0.2) is 39.5 Å². The third-order valence-electron chi connectivity index (χ3n) is 2.63. The van der Waals surface area contributed by atoms with Crippen molar-refractivity contribution in [3.05, 3.63) is 50.6 Å². The zero-order valence-corrected chi connectivity index (χ0v) is 13.6. The van der Waals surface area contributed by atoms with Gasteiger partial charge in [0.25, 0.3) is 0 Å². The Labute approximate surface area is 130 Å². The van der Waals surface area contributed by atoms with Gasteiger partial charge >= 0.3 is 0 Å². The molecule has 0 amide bonds. The number of halogens is 2. The van der Waals surface area contributed by atoms with Gasteiger partial charge in [-0.05, 0) is 56.0 Å². The summed E-state index contributed by atoms with van der Waals surface area (Å²) in [6.07, 6.45) is 0. The first-order valence-electron chi connectivity index (χ1n) is 5.79. The fourth-order valence-corrected chi connectivity index (χ4v) is 3.18. The van der Waals surface area contributed by atoms with Crippen LogP contribution in [-0.4, -0.2) is 20.3 Å². The quantitative estimate of drug-likeness (QED) is 0.540. The van der Waals surface area contributed by atoms with Crippen LogP contribution in [0.3, 0.4) is 0 Å². The number of ether oxygens (including phenoxy) is 2. The summed E-state index contributed by atoms with van der Waals surface area (Å²) >= 11 is 11.6. The summed E-state index contributed by atoms with van der Waals surface area (Å²) in [4.78, 5) is 0. The van der Waals surface area contributed by atoms with Crippen LogP contribution >= 0.6 is 38.9 Å². The predicted molar refractivity (Wildman–Crippen MR) is 83.5 cm³/mol. The summed E-state index contributed by atoms with van der Waals surface area (Å²) in [6.45, 7) is 1.10. The van der Waals surface area contributed by atoms with Gasteiger partial charge in [0.15, 0.2) is 0 Å². The Kier molecular flexibility index (Phi) is 5.70. The molecule has 1 aromatic heterocycles. The van der Waals surface area contributed by atoms with Gasteiger partial charge in [-0.15, -0.1) is 11.6 Å². The van der Waals surface area contributed by atoms with Crippen molar-refractivity contribution in [1.29, 1.82) is 0 Å². The minimum atomic E-state index is -0.129. The fourth-order valence-electron chi connectivity index (χ4n) is 1.64. The van der Waals surface area contributed by atoms with Gasteiger partial charge in [-0.2, -0.15) is 11.3 Å². The molecule has 0 N–H and O–H groups in total. The first kappa shape index (κ1) is 14.9. The molecular formula is C14H14BrClO2S. The Balaban J connectivity index is 2.10. The number of methoxy groups -OCH3 is 1. The van der Waals surface area contributed by atoms with Crippen LogP contribution in [0.5, 0.6) is 5.75 Å².